The molecular weight excluding hydrogens is 232 g/mol. The van der Waals surface area contributed by atoms with Crippen molar-refractivity contribution >= 4 is 11.6 Å². The first-order chi connectivity index (χ1) is 8.27. The fraction of sp³-hybridized carbons (Fsp3) is 0.200. The lowest BCUT2D eigenvalue weighted by Crippen LogP contribution is -2.01. The fourth-order valence-corrected chi connectivity index (χ4v) is 2.12. The molecule has 2 aromatic carbocycles. The molecule has 0 radical (unpaired) electrons. The summed E-state index contributed by atoms with van der Waals surface area (Å²) in [5.74, 6) is 0. The molecule has 0 amide bonds. The lowest BCUT2D eigenvalue weighted by Gasteiger charge is -2.15. The third kappa shape index (κ3) is 3.32. The van der Waals surface area contributed by atoms with Crippen molar-refractivity contribution in [2.75, 3.05) is 0 Å². The van der Waals surface area contributed by atoms with Gasteiger partial charge < -0.3 is 5.11 Å². The largest absolute Gasteiger partial charge is 0.388 e. The van der Waals surface area contributed by atoms with Crippen molar-refractivity contribution in [1.29, 1.82) is 0 Å². The molecule has 0 saturated carbocycles. The lowest BCUT2D eigenvalue weighted by atomic mass is 10.0. The molecule has 0 saturated heterocycles. The van der Waals surface area contributed by atoms with Crippen molar-refractivity contribution in [3.05, 3.63) is 71.8 Å². The van der Waals surface area contributed by atoms with Gasteiger partial charge >= 0.3 is 0 Å². The van der Waals surface area contributed by atoms with E-state index in [-0.39, 0.29) is 5.38 Å². The first-order valence-corrected chi connectivity index (χ1v) is 6.13. The second kappa shape index (κ2) is 5.85. The Morgan fingerprint density at radius 1 is 0.824 bits per heavy atom. The van der Waals surface area contributed by atoms with Crippen molar-refractivity contribution in [1.82, 2.24) is 0 Å². The zero-order valence-electron chi connectivity index (χ0n) is 9.46. The summed E-state index contributed by atoms with van der Waals surface area (Å²) in [5.41, 5.74) is 1.96. The Bertz CT molecular complexity index is 397. The predicted molar refractivity (Wildman–Crippen MR) is 71.1 cm³/mol. The number of alkyl halides is 1. The number of aliphatic hydroxyl groups excluding tert-OH is 1. The summed E-state index contributed by atoms with van der Waals surface area (Å²) in [4.78, 5) is 0. The zero-order valence-corrected chi connectivity index (χ0v) is 10.2. The van der Waals surface area contributed by atoms with Crippen molar-refractivity contribution in [2.45, 2.75) is 17.9 Å². The van der Waals surface area contributed by atoms with Crippen molar-refractivity contribution < 1.29 is 5.11 Å². The SMILES string of the molecule is O[C@@H](C[C@H](Cl)c1ccccc1)c1ccccc1. The molecule has 0 heterocycles. The first kappa shape index (κ1) is 12.2. The van der Waals surface area contributed by atoms with Gasteiger partial charge in [0.2, 0.25) is 0 Å². The highest BCUT2D eigenvalue weighted by molar-refractivity contribution is 6.20. The van der Waals surface area contributed by atoms with Crippen LogP contribution in [0, 0.1) is 0 Å². The second-order valence-corrected chi connectivity index (χ2v) is 4.57. The monoisotopic (exact) mass is 246 g/mol. The lowest BCUT2D eigenvalue weighted by molar-refractivity contribution is 0.166. The molecule has 0 spiro atoms. The van der Waals surface area contributed by atoms with Crippen LogP contribution in [-0.4, -0.2) is 5.11 Å². The number of rotatable bonds is 4. The summed E-state index contributed by atoms with van der Waals surface area (Å²) >= 11 is 6.29. The Morgan fingerprint density at radius 3 is 1.82 bits per heavy atom. The van der Waals surface area contributed by atoms with Gasteiger partial charge in [-0.25, -0.2) is 0 Å². The van der Waals surface area contributed by atoms with Crippen LogP contribution in [0.2, 0.25) is 0 Å². The Balaban J connectivity index is 2.02. The Hall–Kier alpha value is -1.31. The minimum atomic E-state index is -0.515. The van der Waals surface area contributed by atoms with Crippen molar-refractivity contribution in [3.63, 3.8) is 0 Å². The second-order valence-electron chi connectivity index (χ2n) is 4.04. The normalized spacial score (nSPS) is 14.2. The van der Waals surface area contributed by atoms with Gasteiger partial charge in [0.1, 0.15) is 0 Å². The van der Waals surface area contributed by atoms with E-state index in [1.54, 1.807) is 0 Å². The smallest absolute Gasteiger partial charge is 0.0807 e. The van der Waals surface area contributed by atoms with Crippen LogP contribution >= 0.6 is 11.6 Å². The van der Waals surface area contributed by atoms with Gasteiger partial charge in [-0.3, -0.25) is 0 Å². The van der Waals surface area contributed by atoms with E-state index in [2.05, 4.69) is 0 Å². The Labute approximate surface area is 107 Å². The zero-order chi connectivity index (χ0) is 12.1. The molecular formula is C15H15ClO. The average molecular weight is 247 g/mol. The molecule has 88 valence electrons. The highest BCUT2D eigenvalue weighted by Crippen LogP contribution is 2.30. The summed E-state index contributed by atoms with van der Waals surface area (Å²) in [7, 11) is 0. The van der Waals surface area contributed by atoms with Crippen molar-refractivity contribution in [3.8, 4) is 0 Å². The molecule has 17 heavy (non-hydrogen) atoms. The van der Waals surface area contributed by atoms with Gasteiger partial charge in [-0.2, -0.15) is 0 Å². The van der Waals surface area contributed by atoms with Crippen LogP contribution < -0.4 is 0 Å². The Kier molecular flexibility index (Phi) is 4.18. The van der Waals surface area contributed by atoms with Crippen LogP contribution in [0.3, 0.4) is 0 Å². The first-order valence-electron chi connectivity index (χ1n) is 5.69. The topological polar surface area (TPSA) is 20.2 Å². The van der Waals surface area contributed by atoms with Gasteiger partial charge in [0.05, 0.1) is 11.5 Å². The van der Waals surface area contributed by atoms with E-state index in [1.165, 1.54) is 0 Å². The van der Waals surface area contributed by atoms with E-state index in [0.29, 0.717) is 6.42 Å². The third-order valence-electron chi connectivity index (χ3n) is 2.78. The summed E-state index contributed by atoms with van der Waals surface area (Å²) < 4.78 is 0. The van der Waals surface area contributed by atoms with Gasteiger partial charge in [0.15, 0.2) is 0 Å². The standard InChI is InChI=1S/C15H15ClO/c16-14(12-7-3-1-4-8-12)11-15(17)13-9-5-2-6-10-13/h1-10,14-15,17H,11H2/t14-,15-/m0/s1. The van der Waals surface area contributed by atoms with Crippen LogP contribution in [0.4, 0.5) is 0 Å². The highest BCUT2D eigenvalue weighted by Gasteiger charge is 2.14. The van der Waals surface area contributed by atoms with Gasteiger partial charge in [-0.05, 0) is 17.5 Å². The number of hydrogen-bond acceptors (Lipinski definition) is 1. The highest BCUT2D eigenvalue weighted by atomic mass is 35.5. The minimum absolute atomic E-state index is 0.161. The van der Waals surface area contributed by atoms with Crippen LogP contribution in [0.15, 0.2) is 60.7 Å². The van der Waals surface area contributed by atoms with Crippen molar-refractivity contribution in [2.24, 2.45) is 0 Å². The molecule has 2 aromatic rings. The molecule has 0 aliphatic heterocycles. The molecule has 0 aliphatic carbocycles. The van der Waals surface area contributed by atoms with E-state index in [1.807, 2.05) is 60.7 Å². The van der Waals surface area contributed by atoms with Gasteiger partial charge in [0.25, 0.3) is 0 Å². The van der Waals surface area contributed by atoms with Gasteiger partial charge in [-0.1, -0.05) is 60.7 Å². The van der Waals surface area contributed by atoms with E-state index in [9.17, 15) is 5.11 Å². The number of halogens is 1. The maximum Gasteiger partial charge on any atom is 0.0807 e. The number of aliphatic hydroxyl groups is 1. The van der Waals surface area contributed by atoms with E-state index in [0.717, 1.165) is 11.1 Å². The summed E-state index contributed by atoms with van der Waals surface area (Å²) in [6.07, 6.45) is 0.00849. The van der Waals surface area contributed by atoms with Gasteiger partial charge in [0, 0.05) is 0 Å². The number of hydrogen-bond donors (Lipinski definition) is 1. The fourth-order valence-electron chi connectivity index (χ4n) is 1.81. The molecule has 0 bridgehead atoms. The quantitative estimate of drug-likeness (QED) is 0.806. The van der Waals surface area contributed by atoms with Crippen LogP contribution in [0.1, 0.15) is 29.0 Å². The average Bonchev–Trinajstić information content (AvgIpc) is 2.40. The number of benzene rings is 2. The summed E-state index contributed by atoms with van der Waals surface area (Å²) in [5, 5.41) is 9.91. The summed E-state index contributed by atoms with van der Waals surface area (Å²) in [6.45, 7) is 0. The van der Waals surface area contributed by atoms with Crippen LogP contribution in [-0.2, 0) is 0 Å². The molecule has 0 aromatic heterocycles. The molecule has 1 N–H and O–H groups in total. The maximum absolute atomic E-state index is 10.1. The third-order valence-corrected chi connectivity index (χ3v) is 3.21. The van der Waals surface area contributed by atoms with E-state index in [4.69, 9.17) is 11.6 Å². The summed E-state index contributed by atoms with van der Waals surface area (Å²) in [6, 6.07) is 19.4. The maximum atomic E-state index is 10.1. The van der Waals surface area contributed by atoms with Crippen LogP contribution in [0.5, 0.6) is 0 Å². The minimum Gasteiger partial charge on any atom is -0.388 e. The Morgan fingerprint density at radius 2 is 1.29 bits per heavy atom. The predicted octanol–water partition coefficient (Wildman–Crippen LogP) is 4.09. The molecule has 0 fully saturated rings. The molecule has 1 nitrogen and oxygen atoms in total. The van der Waals surface area contributed by atoms with E-state index >= 15 is 0 Å². The molecule has 2 atom stereocenters. The van der Waals surface area contributed by atoms with E-state index < -0.39 is 6.10 Å². The molecule has 0 unspecified atom stereocenters. The molecule has 2 rings (SSSR count). The molecule has 2 heteroatoms. The molecule has 0 aliphatic rings. The van der Waals surface area contributed by atoms with Crippen LogP contribution in [0.25, 0.3) is 0 Å². The van der Waals surface area contributed by atoms with Gasteiger partial charge in [-0.15, -0.1) is 11.6 Å².